The Morgan fingerprint density at radius 2 is 2.09 bits per heavy atom. The lowest BCUT2D eigenvalue weighted by Crippen LogP contribution is -1.91. The number of carboxylic acids is 1. The normalized spacial score (nSPS) is 11.4. The molecule has 0 aromatic heterocycles. The SMILES string of the molecule is C/C=C/C/C=C/CCC(=O)O. The molecular weight excluding hydrogens is 140 g/mol. The highest BCUT2D eigenvalue weighted by Crippen LogP contribution is 1.93. The molecule has 0 heterocycles. The highest BCUT2D eigenvalue weighted by atomic mass is 16.4. The average Bonchev–Trinajstić information content (AvgIpc) is 1.96. The first-order chi connectivity index (χ1) is 5.27. The molecule has 0 aromatic rings. The summed E-state index contributed by atoms with van der Waals surface area (Å²) in [6, 6.07) is 0. The summed E-state index contributed by atoms with van der Waals surface area (Å²) in [4.78, 5) is 10.0. The molecule has 0 bridgehead atoms. The predicted molar refractivity (Wildman–Crippen MR) is 45.4 cm³/mol. The van der Waals surface area contributed by atoms with Gasteiger partial charge in [0.2, 0.25) is 0 Å². The minimum atomic E-state index is -0.735. The predicted octanol–water partition coefficient (Wildman–Crippen LogP) is 2.37. The summed E-state index contributed by atoms with van der Waals surface area (Å²) in [7, 11) is 0. The molecule has 0 aliphatic rings. The fourth-order valence-corrected chi connectivity index (χ4v) is 0.636. The summed E-state index contributed by atoms with van der Waals surface area (Å²) >= 11 is 0. The first-order valence-corrected chi connectivity index (χ1v) is 3.75. The van der Waals surface area contributed by atoms with Gasteiger partial charge in [-0.05, 0) is 19.8 Å². The topological polar surface area (TPSA) is 37.3 Å². The van der Waals surface area contributed by atoms with Crippen molar-refractivity contribution in [3.05, 3.63) is 24.3 Å². The summed E-state index contributed by atoms with van der Waals surface area (Å²) in [6.07, 6.45) is 9.63. The number of allylic oxidation sites excluding steroid dienone is 4. The van der Waals surface area contributed by atoms with Gasteiger partial charge in [-0.2, -0.15) is 0 Å². The number of hydrogen-bond acceptors (Lipinski definition) is 1. The van der Waals surface area contributed by atoms with E-state index in [1.54, 1.807) is 0 Å². The lowest BCUT2D eigenvalue weighted by molar-refractivity contribution is -0.136. The Bertz CT molecular complexity index is 157. The van der Waals surface area contributed by atoms with E-state index in [9.17, 15) is 4.79 Å². The molecule has 0 radical (unpaired) electrons. The number of carboxylic acid groups (broad SMARTS) is 1. The van der Waals surface area contributed by atoms with Crippen LogP contribution in [-0.4, -0.2) is 11.1 Å². The summed E-state index contributed by atoms with van der Waals surface area (Å²) in [5.41, 5.74) is 0. The second-order valence-corrected chi connectivity index (χ2v) is 2.21. The standard InChI is InChI=1S/C9H14O2/c1-2-3-4-5-6-7-8-9(10)11/h2-3,5-6H,4,7-8H2,1H3,(H,10,11)/b3-2+,6-5+. The first-order valence-electron chi connectivity index (χ1n) is 3.75. The molecule has 0 atom stereocenters. The summed E-state index contributed by atoms with van der Waals surface area (Å²) in [5.74, 6) is -0.735. The van der Waals surface area contributed by atoms with Crippen LogP contribution in [0.25, 0.3) is 0 Å². The van der Waals surface area contributed by atoms with Gasteiger partial charge in [0, 0.05) is 6.42 Å². The van der Waals surface area contributed by atoms with E-state index in [0.29, 0.717) is 6.42 Å². The van der Waals surface area contributed by atoms with Crippen molar-refractivity contribution in [1.82, 2.24) is 0 Å². The maximum Gasteiger partial charge on any atom is 0.303 e. The summed E-state index contributed by atoms with van der Waals surface area (Å²) in [6.45, 7) is 1.96. The Morgan fingerprint density at radius 3 is 2.64 bits per heavy atom. The van der Waals surface area contributed by atoms with E-state index in [0.717, 1.165) is 6.42 Å². The van der Waals surface area contributed by atoms with Gasteiger partial charge in [0.15, 0.2) is 0 Å². The second-order valence-electron chi connectivity index (χ2n) is 2.21. The third-order valence-electron chi connectivity index (χ3n) is 1.20. The third kappa shape index (κ3) is 8.95. The van der Waals surface area contributed by atoms with E-state index >= 15 is 0 Å². The molecule has 0 rings (SSSR count). The second kappa shape index (κ2) is 7.06. The molecule has 2 nitrogen and oxygen atoms in total. The molecule has 62 valence electrons. The average molecular weight is 154 g/mol. The fraction of sp³-hybridized carbons (Fsp3) is 0.444. The van der Waals surface area contributed by atoms with Gasteiger partial charge in [0.05, 0.1) is 0 Å². The molecule has 0 saturated heterocycles. The molecule has 2 heteroatoms. The number of rotatable bonds is 5. The van der Waals surface area contributed by atoms with Crippen molar-refractivity contribution in [2.24, 2.45) is 0 Å². The Kier molecular flexibility index (Phi) is 6.39. The smallest absolute Gasteiger partial charge is 0.303 e. The highest BCUT2D eigenvalue weighted by Gasteiger charge is 1.90. The zero-order valence-corrected chi connectivity index (χ0v) is 6.79. The highest BCUT2D eigenvalue weighted by molar-refractivity contribution is 5.66. The fourth-order valence-electron chi connectivity index (χ4n) is 0.636. The van der Waals surface area contributed by atoms with Crippen molar-refractivity contribution >= 4 is 5.97 Å². The molecule has 0 unspecified atom stereocenters. The van der Waals surface area contributed by atoms with Gasteiger partial charge in [-0.3, -0.25) is 4.79 Å². The first kappa shape index (κ1) is 9.95. The van der Waals surface area contributed by atoms with Gasteiger partial charge in [-0.1, -0.05) is 24.3 Å². The van der Waals surface area contributed by atoms with E-state index in [1.165, 1.54) is 0 Å². The Morgan fingerprint density at radius 1 is 1.36 bits per heavy atom. The maximum absolute atomic E-state index is 10.0. The Hall–Kier alpha value is -1.05. The molecule has 0 fully saturated rings. The van der Waals surface area contributed by atoms with Crippen molar-refractivity contribution in [3.8, 4) is 0 Å². The quantitative estimate of drug-likeness (QED) is 0.617. The van der Waals surface area contributed by atoms with Crippen LogP contribution < -0.4 is 0 Å². The van der Waals surface area contributed by atoms with Crippen LogP contribution in [0.15, 0.2) is 24.3 Å². The van der Waals surface area contributed by atoms with Crippen LogP contribution in [0.1, 0.15) is 26.2 Å². The largest absolute Gasteiger partial charge is 0.481 e. The van der Waals surface area contributed by atoms with Crippen LogP contribution in [0, 0.1) is 0 Å². The molecular formula is C9H14O2. The molecule has 0 aromatic carbocycles. The van der Waals surface area contributed by atoms with Crippen molar-refractivity contribution in [2.75, 3.05) is 0 Å². The van der Waals surface area contributed by atoms with E-state index in [-0.39, 0.29) is 6.42 Å². The van der Waals surface area contributed by atoms with Gasteiger partial charge in [0.1, 0.15) is 0 Å². The van der Waals surface area contributed by atoms with Crippen molar-refractivity contribution in [3.63, 3.8) is 0 Å². The molecule has 0 spiro atoms. The van der Waals surface area contributed by atoms with Crippen LogP contribution in [0.4, 0.5) is 0 Å². The lowest BCUT2D eigenvalue weighted by Gasteiger charge is -1.85. The summed E-state index contributed by atoms with van der Waals surface area (Å²) in [5, 5.41) is 8.27. The molecule has 0 aliphatic carbocycles. The zero-order chi connectivity index (χ0) is 8.53. The number of hydrogen-bond donors (Lipinski definition) is 1. The Balaban J connectivity index is 3.23. The maximum atomic E-state index is 10.0. The van der Waals surface area contributed by atoms with Gasteiger partial charge < -0.3 is 5.11 Å². The van der Waals surface area contributed by atoms with E-state index < -0.39 is 5.97 Å². The van der Waals surface area contributed by atoms with Crippen LogP contribution in [0.3, 0.4) is 0 Å². The van der Waals surface area contributed by atoms with Crippen molar-refractivity contribution in [2.45, 2.75) is 26.2 Å². The Labute approximate surface area is 67.2 Å². The molecule has 0 aliphatic heterocycles. The van der Waals surface area contributed by atoms with E-state index in [1.807, 2.05) is 31.2 Å². The molecule has 0 saturated carbocycles. The van der Waals surface area contributed by atoms with Gasteiger partial charge in [-0.15, -0.1) is 0 Å². The van der Waals surface area contributed by atoms with Crippen LogP contribution >= 0.6 is 0 Å². The van der Waals surface area contributed by atoms with E-state index in [2.05, 4.69) is 0 Å². The zero-order valence-electron chi connectivity index (χ0n) is 6.79. The third-order valence-corrected chi connectivity index (χ3v) is 1.20. The minimum absolute atomic E-state index is 0.229. The van der Waals surface area contributed by atoms with Crippen LogP contribution in [0.5, 0.6) is 0 Å². The van der Waals surface area contributed by atoms with Crippen LogP contribution in [-0.2, 0) is 4.79 Å². The van der Waals surface area contributed by atoms with Crippen molar-refractivity contribution < 1.29 is 9.90 Å². The van der Waals surface area contributed by atoms with Gasteiger partial charge >= 0.3 is 5.97 Å². The summed E-state index contributed by atoms with van der Waals surface area (Å²) < 4.78 is 0. The number of aliphatic carboxylic acids is 1. The monoisotopic (exact) mass is 154 g/mol. The molecule has 1 N–H and O–H groups in total. The van der Waals surface area contributed by atoms with E-state index in [4.69, 9.17) is 5.11 Å². The lowest BCUT2D eigenvalue weighted by atomic mass is 10.2. The van der Waals surface area contributed by atoms with Gasteiger partial charge in [0.25, 0.3) is 0 Å². The van der Waals surface area contributed by atoms with Gasteiger partial charge in [-0.25, -0.2) is 0 Å². The molecule has 11 heavy (non-hydrogen) atoms. The van der Waals surface area contributed by atoms with Crippen molar-refractivity contribution in [1.29, 1.82) is 0 Å². The molecule has 0 amide bonds. The number of carbonyl (C=O) groups is 1. The van der Waals surface area contributed by atoms with Crippen LogP contribution in [0.2, 0.25) is 0 Å². The minimum Gasteiger partial charge on any atom is -0.481 e.